The molecule has 1 heterocycles. The van der Waals surface area contributed by atoms with Gasteiger partial charge in [-0.2, -0.15) is 0 Å². The number of hydrogen-bond acceptors (Lipinski definition) is 2. The van der Waals surface area contributed by atoms with Crippen LogP contribution >= 0.6 is 0 Å². The predicted octanol–water partition coefficient (Wildman–Crippen LogP) is 3.52. The molecule has 20 heavy (non-hydrogen) atoms. The molecule has 0 radical (unpaired) electrons. The first-order valence-corrected chi connectivity index (χ1v) is 7.95. The van der Waals surface area contributed by atoms with Crippen LogP contribution in [0.4, 0.5) is 5.69 Å². The molecule has 2 aliphatic rings. The van der Waals surface area contributed by atoms with Crippen LogP contribution < -0.4 is 5.32 Å². The second-order valence-corrected chi connectivity index (χ2v) is 5.98. The number of nitrogens with one attached hydrogen (secondary N) is 1. The van der Waals surface area contributed by atoms with E-state index in [9.17, 15) is 4.79 Å². The summed E-state index contributed by atoms with van der Waals surface area (Å²) in [4.78, 5) is 15.0. The Balaban J connectivity index is 1.82. The van der Waals surface area contributed by atoms with E-state index in [1.165, 1.54) is 32.1 Å². The molecule has 2 atom stereocenters. The van der Waals surface area contributed by atoms with Crippen LogP contribution in [0.15, 0.2) is 24.3 Å². The van der Waals surface area contributed by atoms with Crippen LogP contribution in [0, 0.1) is 5.92 Å². The van der Waals surface area contributed by atoms with Crippen molar-refractivity contribution < 1.29 is 4.79 Å². The molecule has 3 nitrogen and oxygen atoms in total. The highest BCUT2D eigenvalue weighted by molar-refractivity contribution is 6.00. The topological polar surface area (TPSA) is 32.3 Å². The van der Waals surface area contributed by atoms with Crippen molar-refractivity contribution in [3.63, 3.8) is 0 Å². The Hall–Kier alpha value is -1.51. The maximum Gasteiger partial charge on any atom is 0.256 e. The van der Waals surface area contributed by atoms with Crippen LogP contribution in [0.5, 0.6) is 0 Å². The Kier molecular flexibility index (Phi) is 3.95. The number of rotatable bonds is 3. The Morgan fingerprint density at radius 1 is 1.25 bits per heavy atom. The summed E-state index contributed by atoms with van der Waals surface area (Å²) in [6, 6.07) is 8.40. The molecule has 1 aliphatic heterocycles. The van der Waals surface area contributed by atoms with Crippen LogP contribution in [0.1, 0.15) is 49.4 Å². The maximum absolute atomic E-state index is 12.9. The molecule has 1 aromatic rings. The number of carbonyl (C=O) groups excluding carboxylic acids is 1. The van der Waals surface area contributed by atoms with Crippen molar-refractivity contribution >= 4 is 11.6 Å². The van der Waals surface area contributed by atoms with Crippen molar-refractivity contribution in [3.8, 4) is 0 Å². The molecule has 1 aromatic carbocycles. The summed E-state index contributed by atoms with van der Waals surface area (Å²) in [5.74, 6) is 0.968. The van der Waals surface area contributed by atoms with Gasteiger partial charge in [0.25, 0.3) is 5.91 Å². The quantitative estimate of drug-likeness (QED) is 0.913. The first kappa shape index (κ1) is 13.5. The minimum atomic E-state index is 0.218. The molecule has 2 fully saturated rings. The molecular weight excluding hydrogens is 248 g/mol. The summed E-state index contributed by atoms with van der Waals surface area (Å²) in [6.45, 7) is 3.85. The van der Waals surface area contributed by atoms with Crippen LogP contribution in [0.2, 0.25) is 0 Å². The number of nitrogens with zero attached hydrogens (tertiary/aromatic N) is 1. The number of anilines is 1. The van der Waals surface area contributed by atoms with Gasteiger partial charge in [0.1, 0.15) is 0 Å². The summed E-state index contributed by atoms with van der Waals surface area (Å²) in [6.07, 6.45) is 6.32. The number of para-hydroxylation sites is 1. The van der Waals surface area contributed by atoms with Crippen molar-refractivity contribution in [1.29, 1.82) is 0 Å². The Morgan fingerprint density at radius 3 is 2.90 bits per heavy atom. The molecule has 3 rings (SSSR count). The molecule has 3 heteroatoms. The third-order valence-electron chi connectivity index (χ3n) is 4.80. The highest BCUT2D eigenvalue weighted by Gasteiger charge is 2.38. The average Bonchev–Trinajstić information content (AvgIpc) is 2.91. The van der Waals surface area contributed by atoms with Gasteiger partial charge in [-0.25, -0.2) is 0 Å². The number of carbonyl (C=O) groups is 1. The van der Waals surface area contributed by atoms with Crippen molar-refractivity contribution in [2.24, 2.45) is 5.92 Å². The van der Waals surface area contributed by atoms with E-state index in [0.29, 0.717) is 6.04 Å². The first-order chi connectivity index (χ1) is 9.81. The van der Waals surface area contributed by atoms with Crippen molar-refractivity contribution in [2.75, 3.05) is 18.4 Å². The molecule has 108 valence electrons. The number of likely N-dealkylation sites (tertiary alicyclic amines) is 1. The van der Waals surface area contributed by atoms with Gasteiger partial charge in [-0.15, -0.1) is 0 Å². The lowest BCUT2D eigenvalue weighted by atomic mass is 9.85. The van der Waals surface area contributed by atoms with Gasteiger partial charge in [-0.05, 0) is 44.2 Å². The van der Waals surface area contributed by atoms with E-state index in [4.69, 9.17) is 0 Å². The summed E-state index contributed by atoms with van der Waals surface area (Å²) in [5, 5.41) is 3.31. The molecule has 0 spiro atoms. The van der Waals surface area contributed by atoms with E-state index >= 15 is 0 Å². The minimum absolute atomic E-state index is 0.218. The molecular formula is C17H24N2O. The van der Waals surface area contributed by atoms with E-state index in [-0.39, 0.29) is 5.91 Å². The molecule has 2 unspecified atom stereocenters. The fourth-order valence-corrected chi connectivity index (χ4v) is 3.83. The zero-order valence-electron chi connectivity index (χ0n) is 12.3. The van der Waals surface area contributed by atoms with Gasteiger partial charge in [-0.3, -0.25) is 4.79 Å². The molecule has 1 N–H and O–H groups in total. The lowest BCUT2D eigenvalue weighted by molar-refractivity contribution is 0.0691. The molecule has 1 saturated heterocycles. The smallest absolute Gasteiger partial charge is 0.256 e. The van der Waals surface area contributed by atoms with E-state index in [2.05, 4.69) is 17.1 Å². The van der Waals surface area contributed by atoms with Crippen molar-refractivity contribution in [2.45, 2.75) is 45.1 Å². The number of benzene rings is 1. The fraction of sp³-hybridized carbons (Fsp3) is 0.588. The predicted molar refractivity (Wildman–Crippen MR) is 82.0 cm³/mol. The minimum Gasteiger partial charge on any atom is -0.385 e. The number of hydrogen-bond donors (Lipinski definition) is 1. The van der Waals surface area contributed by atoms with Gasteiger partial charge in [0.05, 0.1) is 5.56 Å². The summed E-state index contributed by atoms with van der Waals surface area (Å²) >= 11 is 0. The second kappa shape index (κ2) is 5.86. The molecule has 0 aromatic heterocycles. The van der Waals surface area contributed by atoms with Crippen molar-refractivity contribution in [1.82, 2.24) is 4.90 Å². The van der Waals surface area contributed by atoms with Gasteiger partial charge in [-0.1, -0.05) is 25.0 Å². The monoisotopic (exact) mass is 272 g/mol. The summed E-state index contributed by atoms with van der Waals surface area (Å²) < 4.78 is 0. The first-order valence-electron chi connectivity index (χ1n) is 7.95. The Labute approximate surface area is 121 Å². The fourth-order valence-electron chi connectivity index (χ4n) is 3.83. The Bertz CT molecular complexity index is 486. The van der Waals surface area contributed by atoms with Crippen LogP contribution in [0.25, 0.3) is 0 Å². The second-order valence-electron chi connectivity index (χ2n) is 5.98. The van der Waals surface area contributed by atoms with E-state index in [1.807, 2.05) is 24.3 Å². The third kappa shape index (κ3) is 2.41. The van der Waals surface area contributed by atoms with E-state index in [1.54, 1.807) is 0 Å². The van der Waals surface area contributed by atoms with Crippen LogP contribution in [-0.2, 0) is 0 Å². The molecule has 0 bridgehead atoms. The highest BCUT2D eigenvalue weighted by Crippen LogP contribution is 2.37. The average molecular weight is 272 g/mol. The largest absolute Gasteiger partial charge is 0.385 e. The number of amides is 1. The SMILES string of the molecule is CCNc1ccccc1C(=O)N1CCC2CCCCC21. The Morgan fingerprint density at radius 2 is 2.05 bits per heavy atom. The highest BCUT2D eigenvalue weighted by atomic mass is 16.2. The van der Waals surface area contributed by atoms with Gasteiger partial charge in [0.2, 0.25) is 0 Å². The third-order valence-corrected chi connectivity index (χ3v) is 4.80. The van der Waals surface area contributed by atoms with Crippen LogP contribution in [0.3, 0.4) is 0 Å². The van der Waals surface area contributed by atoms with E-state index in [0.717, 1.165) is 30.3 Å². The maximum atomic E-state index is 12.9. The van der Waals surface area contributed by atoms with Gasteiger partial charge in [0, 0.05) is 24.8 Å². The van der Waals surface area contributed by atoms with Gasteiger partial charge in [0.15, 0.2) is 0 Å². The summed E-state index contributed by atoms with van der Waals surface area (Å²) in [7, 11) is 0. The van der Waals surface area contributed by atoms with Gasteiger partial charge >= 0.3 is 0 Å². The molecule has 1 aliphatic carbocycles. The van der Waals surface area contributed by atoms with E-state index < -0.39 is 0 Å². The molecule has 1 saturated carbocycles. The van der Waals surface area contributed by atoms with Crippen LogP contribution in [-0.4, -0.2) is 29.9 Å². The molecule has 1 amide bonds. The standard InChI is InChI=1S/C17H24N2O/c1-2-18-15-9-5-4-8-14(15)17(20)19-12-11-13-7-3-6-10-16(13)19/h4-5,8-9,13,16,18H,2-3,6-7,10-12H2,1H3. The van der Waals surface area contributed by atoms with Crippen molar-refractivity contribution in [3.05, 3.63) is 29.8 Å². The lowest BCUT2D eigenvalue weighted by Crippen LogP contribution is -2.39. The van der Waals surface area contributed by atoms with Gasteiger partial charge < -0.3 is 10.2 Å². The number of fused-ring (bicyclic) bond motifs is 1. The summed E-state index contributed by atoms with van der Waals surface area (Å²) in [5.41, 5.74) is 1.81. The zero-order chi connectivity index (χ0) is 13.9. The normalized spacial score (nSPS) is 25.4. The lowest BCUT2D eigenvalue weighted by Gasteiger charge is -2.32. The zero-order valence-corrected chi connectivity index (χ0v) is 12.3.